The Morgan fingerprint density at radius 3 is 2.75 bits per heavy atom. The summed E-state index contributed by atoms with van der Waals surface area (Å²) in [7, 11) is -3.73. The Balaban J connectivity index is 2.32. The standard InChI is InChI=1S/C13H18N2O4S/c1-3-13(2,8-16)15-20(18,19)10-4-5-11-9(6-10)7-12(17)14-11/h4-6,15-16H,3,7-8H2,1-2H3,(H,14,17). The predicted molar refractivity (Wildman–Crippen MR) is 74.9 cm³/mol. The maximum absolute atomic E-state index is 12.3. The molecule has 6 nitrogen and oxygen atoms in total. The molecule has 110 valence electrons. The Morgan fingerprint density at radius 2 is 2.15 bits per heavy atom. The van der Waals surface area contributed by atoms with E-state index in [4.69, 9.17) is 0 Å². The summed E-state index contributed by atoms with van der Waals surface area (Å²) in [4.78, 5) is 11.4. The van der Waals surface area contributed by atoms with Crippen molar-refractivity contribution in [1.29, 1.82) is 0 Å². The molecular weight excluding hydrogens is 280 g/mol. The molecule has 0 aliphatic carbocycles. The van der Waals surface area contributed by atoms with Crippen LogP contribution < -0.4 is 10.0 Å². The highest BCUT2D eigenvalue weighted by Gasteiger charge is 2.29. The first kappa shape index (κ1) is 15.0. The molecule has 1 aromatic carbocycles. The van der Waals surface area contributed by atoms with Crippen LogP contribution in [0, 0.1) is 0 Å². The van der Waals surface area contributed by atoms with Gasteiger partial charge < -0.3 is 10.4 Å². The van der Waals surface area contributed by atoms with Crippen LogP contribution in [-0.4, -0.2) is 31.6 Å². The summed E-state index contributed by atoms with van der Waals surface area (Å²) in [5.41, 5.74) is 0.417. The molecule has 1 aromatic rings. The van der Waals surface area contributed by atoms with Gasteiger partial charge in [-0.2, -0.15) is 0 Å². The lowest BCUT2D eigenvalue weighted by molar-refractivity contribution is -0.115. The monoisotopic (exact) mass is 298 g/mol. The van der Waals surface area contributed by atoms with Gasteiger partial charge in [0.2, 0.25) is 15.9 Å². The van der Waals surface area contributed by atoms with Crippen LogP contribution in [0.5, 0.6) is 0 Å². The fourth-order valence-electron chi connectivity index (χ4n) is 1.97. The van der Waals surface area contributed by atoms with Gasteiger partial charge in [-0.25, -0.2) is 13.1 Å². The summed E-state index contributed by atoms with van der Waals surface area (Å²) in [5.74, 6) is -0.142. The molecule has 2 rings (SSSR count). The first-order valence-electron chi connectivity index (χ1n) is 6.37. The smallest absolute Gasteiger partial charge is 0.241 e. The molecule has 0 spiro atoms. The van der Waals surface area contributed by atoms with Gasteiger partial charge in [0, 0.05) is 5.69 Å². The van der Waals surface area contributed by atoms with Crippen molar-refractivity contribution in [1.82, 2.24) is 4.72 Å². The zero-order valence-corrected chi connectivity index (χ0v) is 12.3. The SMILES string of the molecule is CCC(C)(CO)NS(=O)(=O)c1ccc2c(c1)CC(=O)N2. The van der Waals surface area contributed by atoms with Crippen LogP contribution in [0.15, 0.2) is 23.1 Å². The number of hydrogen-bond donors (Lipinski definition) is 3. The molecule has 1 unspecified atom stereocenters. The lowest BCUT2D eigenvalue weighted by Gasteiger charge is -2.26. The third-order valence-corrected chi connectivity index (χ3v) is 5.16. The van der Waals surface area contributed by atoms with Crippen molar-refractivity contribution in [3.05, 3.63) is 23.8 Å². The van der Waals surface area contributed by atoms with Crippen molar-refractivity contribution in [2.45, 2.75) is 37.1 Å². The zero-order valence-electron chi connectivity index (χ0n) is 11.4. The van der Waals surface area contributed by atoms with Crippen LogP contribution in [0.3, 0.4) is 0 Å². The average molecular weight is 298 g/mol. The van der Waals surface area contributed by atoms with Gasteiger partial charge in [-0.15, -0.1) is 0 Å². The lowest BCUT2D eigenvalue weighted by Crippen LogP contribution is -2.48. The predicted octanol–water partition coefficient (Wildman–Crippen LogP) is 0.620. The maximum Gasteiger partial charge on any atom is 0.241 e. The molecule has 20 heavy (non-hydrogen) atoms. The quantitative estimate of drug-likeness (QED) is 0.742. The van der Waals surface area contributed by atoms with Crippen molar-refractivity contribution in [2.24, 2.45) is 0 Å². The van der Waals surface area contributed by atoms with E-state index < -0.39 is 15.6 Å². The molecule has 3 N–H and O–H groups in total. The molecule has 0 aromatic heterocycles. The summed E-state index contributed by atoms with van der Waals surface area (Å²) in [6.45, 7) is 3.15. The van der Waals surface area contributed by atoms with Gasteiger partial charge in [-0.1, -0.05) is 6.92 Å². The van der Waals surface area contributed by atoms with Crippen molar-refractivity contribution >= 4 is 21.6 Å². The first-order chi connectivity index (χ1) is 9.29. The van der Waals surface area contributed by atoms with Crippen molar-refractivity contribution in [3.63, 3.8) is 0 Å². The van der Waals surface area contributed by atoms with Crippen LogP contribution in [0.1, 0.15) is 25.8 Å². The second-order valence-electron chi connectivity index (χ2n) is 5.22. The van der Waals surface area contributed by atoms with Gasteiger partial charge in [0.25, 0.3) is 0 Å². The second kappa shape index (κ2) is 5.16. The molecule has 1 heterocycles. The molecule has 0 bridgehead atoms. The van der Waals surface area contributed by atoms with E-state index in [1.54, 1.807) is 19.9 Å². The molecule has 1 atom stereocenters. The maximum atomic E-state index is 12.3. The van der Waals surface area contributed by atoms with Gasteiger partial charge in [0.15, 0.2) is 0 Å². The highest BCUT2D eigenvalue weighted by Crippen LogP contribution is 2.26. The van der Waals surface area contributed by atoms with E-state index >= 15 is 0 Å². The zero-order chi connectivity index (χ0) is 15.0. The molecule has 1 aliphatic heterocycles. The number of benzene rings is 1. The molecule has 0 radical (unpaired) electrons. The summed E-state index contributed by atoms with van der Waals surface area (Å²) in [5, 5.41) is 12.0. The Morgan fingerprint density at radius 1 is 1.45 bits per heavy atom. The number of carbonyl (C=O) groups excluding carboxylic acids is 1. The van der Waals surface area contributed by atoms with Gasteiger partial charge in [-0.3, -0.25) is 4.79 Å². The minimum atomic E-state index is -3.73. The van der Waals surface area contributed by atoms with Crippen molar-refractivity contribution in [3.8, 4) is 0 Å². The molecule has 0 fully saturated rings. The number of carbonyl (C=O) groups is 1. The van der Waals surface area contributed by atoms with E-state index in [1.807, 2.05) is 0 Å². The topological polar surface area (TPSA) is 95.5 Å². The number of hydrogen-bond acceptors (Lipinski definition) is 4. The van der Waals surface area contributed by atoms with Crippen LogP contribution in [-0.2, 0) is 21.2 Å². The van der Waals surface area contributed by atoms with E-state index in [-0.39, 0.29) is 23.8 Å². The molecular formula is C13H18N2O4S. The fourth-order valence-corrected chi connectivity index (χ4v) is 3.49. The van der Waals surface area contributed by atoms with Crippen LogP contribution in [0.2, 0.25) is 0 Å². The number of aliphatic hydroxyl groups excluding tert-OH is 1. The van der Waals surface area contributed by atoms with E-state index in [2.05, 4.69) is 10.0 Å². The minimum absolute atomic E-state index is 0.0980. The third kappa shape index (κ3) is 2.84. The number of aliphatic hydroxyl groups is 1. The average Bonchev–Trinajstić information content (AvgIpc) is 2.77. The number of anilines is 1. The highest BCUT2D eigenvalue weighted by atomic mass is 32.2. The Hall–Kier alpha value is -1.44. The van der Waals surface area contributed by atoms with Crippen molar-refractivity contribution in [2.75, 3.05) is 11.9 Å². The Kier molecular flexibility index (Phi) is 3.86. The van der Waals surface area contributed by atoms with E-state index in [0.29, 0.717) is 17.7 Å². The van der Waals surface area contributed by atoms with Gasteiger partial charge >= 0.3 is 0 Å². The van der Waals surface area contributed by atoms with Crippen molar-refractivity contribution < 1.29 is 18.3 Å². The summed E-state index contributed by atoms with van der Waals surface area (Å²) >= 11 is 0. The summed E-state index contributed by atoms with van der Waals surface area (Å²) in [6, 6.07) is 4.51. The summed E-state index contributed by atoms with van der Waals surface area (Å²) < 4.78 is 27.1. The van der Waals surface area contributed by atoms with Crippen LogP contribution in [0.25, 0.3) is 0 Å². The molecule has 1 amide bonds. The molecule has 1 aliphatic rings. The largest absolute Gasteiger partial charge is 0.394 e. The van der Waals surface area contributed by atoms with E-state index in [1.165, 1.54) is 12.1 Å². The second-order valence-corrected chi connectivity index (χ2v) is 6.90. The van der Waals surface area contributed by atoms with E-state index in [9.17, 15) is 18.3 Å². The van der Waals surface area contributed by atoms with Crippen LogP contribution in [0.4, 0.5) is 5.69 Å². The van der Waals surface area contributed by atoms with Gasteiger partial charge in [0.05, 0.1) is 23.5 Å². The number of fused-ring (bicyclic) bond motifs is 1. The van der Waals surface area contributed by atoms with Gasteiger partial charge in [-0.05, 0) is 37.1 Å². The molecule has 0 saturated carbocycles. The number of amides is 1. The molecule has 7 heteroatoms. The Bertz CT molecular complexity index is 636. The summed E-state index contributed by atoms with van der Waals surface area (Å²) in [6.07, 6.45) is 0.650. The van der Waals surface area contributed by atoms with Crippen LogP contribution >= 0.6 is 0 Å². The lowest BCUT2D eigenvalue weighted by atomic mass is 10.0. The van der Waals surface area contributed by atoms with Gasteiger partial charge in [0.1, 0.15) is 0 Å². The third-order valence-electron chi connectivity index (χ3n) is 3.52. The number of nitrogens with one attached hydrogen (secondary N) is 2. The van der Waals surface area contributed by atoms with E-state index in [0.717, 1.165) is 0 Å². The minimum Gasteiger partial charge on any atom is -0.394 e. The number of rotatable bonds is 5. The Labute approximate surface area is 118 Å². The number of sulfonamides is 1. The fraction of sp³-hybridized carbons (Fsp3) is 0.462. The first-order valence-corrected chi connectivity index (χ1v) is 7.85. The normalized spacial score (nSPS) is 17.4. The highest BCUT2D eigenvalue weighted by molar-refractivity contribution is 7.89. The molecule has 0 saturated heterocycles.